The van der Waals surface area contributed by atoms with Crippen LogP contribution in [0.5, 0.6) is 0 Å². The van der Waals surface area contributed by atoms with Crippen LogP contribution in [0.2, 0.25) is 0 Å². The average molecular weight is 245 g/mol. The van der Waals surface area contributed by atoms with Crippen LogP contribution in [-0.4, -0.2) is 34.6 Å². The van der Waals surface area contributed by atoms with Gasteiger partial charge in [-0.15, -0.1) is 0 Å². The Balaban J connectivity index is 1.73. The minimum Gasteiger partial charge on any atom is -0.391 e. The highest BCUT2D eigenvalue weighted by molar-refractivity contribution is 5.81. The second-order valence-corrected chi connectivity index (χ2v) is 5.42. The zero-order valence-electron chi connectivity index (χ0n) is 10.5. The first kappa shape index (κ1) is 11.7. The molecule has 96 valence electrons. The lowest BCUT2D eigenvalue weighted by atomic mass is 10.0. The summed E-state index contributed by atoms with van der Waals surface area (Å²) < 4.78 is 0. The molecule has 1 aliphatic carbocycles. The van der Waals surface area contributed by atoms with Crippen LogP contribution < -0.4 is 0 Å². The molecule has 3 heteroatoms. The van der Waals surface area contributed by atoms with Crippen molar-refractivity contribution in [2.75, 3.05) is 6.54 Å². The van der Waals surface area contributed by atoms with E-state index in [2.05, 4.69) is 12.1 Å². The molecule has 1 saturated heterocycles. The van der Waals surface area contributed by atoms with Crippen LogP contribution in [0.15, 0.2) is 30.3 Å². The van der Waals surface area contributed by atoms with Crippen molar-refractivity contribution in [2.24, 2.45) is 5.92 Å². The number of likely N-dealkylation sites (tertiary alicyclic amines) is 1. The molecule has 2 atom stereocenters. The second kappa shape index (κ2) is 4.73. The van der Waals surface area contributed by atoms with Crippen LogP contribution in [0.1, 0.15) is 24.8 Å². The molecule has 1 aromatic rings. The van der Waals surface area contributed by atoms with Gasteiger partial charge in [-0.05, 0) is 31.2 Å². The number of hydrogen-bond acceptors (Lipinski definition) is 2. The van der Waals surface area contributed by atoms with Crippen molar-refractivity contribution in [3.63, 3.8) is 0 Å². The number of hydrogen-bond donors (Lipinski definition) is 1. The summed E-state index contributed by atoms with van der Waals surface area (Å²) in [7, 11) is 0. The topological polar surface area (TPSA) is 40.5 Å². The lowest BCUT2D eigenvalue weighted by molar-refractivity contribution is -0.134. The maximum atomic E-state index is 12.2. The highest BCUT2D eigenvalue weighted by Crippen LogP contribution is 2.34. The van der Waals surface area contributed by atoms with Gasteiger partial charge in [0.15, 0.2) is 0 Å². The molecule has 0 radical (unpaired) electrons. The average Bonchev–Trinajstić information content (AvgIpc) is 3.17. The van der Waals surface area contributed by atoms with Gasteiger partial charge in [0.05, 0.1) is 12.1 Å². The van der Waals surface area contributed by atoms with Crippen molar-refractivity contribution in [1.29, 1.82) is 0 Å². The predicted molar refractivity (Wildman–Crippen MR) is 69.0 cm³/mol. The first-order valence-corrected chi connectivity index (χ1v) is 6.78. The predicted octanol–water partition coefficient (Wildman–Crippen LogP) is 1.60. The third-order valence-electron chi connectivity index (χ3n) is 4.01. The zero-order chi connectivity index (χ0) is 12.5. The summed E-state index contributed by atoms with van der Waals surface area (Å²) >= 11 is 0. The van der Waals surface area contributed by atoms with Crippen LogP contribution in [0.4, 0.5) is 0 Å². The van der Waals surface area contributed by atoms with E-state index in [4.69, 9.17) is 0 Å². The molecule has 3 nitrogen and oxygen atoms in total. The van der Waals surface area contributed by atoms with Gasteiger partial charge in [0.2, 0.25) is 5.91 Å². The summed E-state index contributed by atoms with van der Waals surface area (Å²) in [5.74, 6) is 0.501. The molecule has 18 heavy (non-hydrogen) atoms. The highest BCUT2D eigenvalue weighted by atomic mass is 16.3. The fourth-order valence-electron chi connectivity index (χ4n) is 2.78. The van der Waals surface area contributed by atoms with E-state index in [1.165, 1.54) is 5.56 Å². The van der Waals surface area contributed by atoms with Crippen LogP contribution in [-0.2, 0) is 11.2 Å². The standard InChI is InChI=1S/C15H19NO2/c17-14-8-9-16(15(18)12-6-7-12)13(14)10-11-4-2-1-3-5-11/h1-5,12-14,17H,6-10H2/t13-,14+/m0/s1. The van der Waals surface area contributed by atoms with Crippen molar-refractivity contribution in [3.8, 4) is 0 Å². The molecule has 1 aliphatic heterocycles. The quantitative estimate of drug-likeness (QED) is 0.878. The Bertz CT molecular complexity index is 427. The SMILES string of the molecule is O=C(C1CC1)N1CC[C@@H](O)[C@@H]1Cc1ccccc1. The van der Waals surface area contributed by atoms with Gasteiger partial charge < -0.3 is 10.0 Å². The molecular formula is C15H19NO2. The van der Waals surface area contributed by atoms with Gasteiger partial charge in [0, 0.05) is 12.5 Å². The van der Waals surface area contributed by atoms with Gasteiger partial charge in [0.1, 0.15) is 0 Å². The maximum absolute atomic E-state index is 12.2. The number of benzene rings is 1. The summed E-state index contributed by atoms with van der Waals surface area (Å²) in [6, 6.07) is 10.1. The number of carbonyl (C=O) groups is 1. The number of amides is 1. The number of aliphatic hydroxyl groups is 1. The van der Waals surface area contributed by atoms with Crippen LogP contribution in [0.3, 0.4) is 0 Å². The zero-order valence-corrected chi connectivity index (χ0v) is 10.5. The molecular weight excluding hydrogens is 226 g/mol. The third kappa shape index (κ3) is 2.27. The van der Waals surface area contributed by atoms with E-state index in [9.17, 15) is 9.90 Å². The molecule has 1 amide bonds. The summed E-state index contributed by atoms with van der Waals surface area (Å²) in [4.78, 5) is 14.1. The summed E-state index contributed by atoms with van der Waals surface area (Å²) in [5, 5.41) is 10.1. The van der Waals surface area contributed by atoms with Gasteiger partial charge in [-0.3, -0.25) is 4.79 Å². The van der Waals surface area contributed by atoms with Crippen LogP contribution >= 0.6 is 0 Å². The molecule has 1 aromatic carbocycles. The Hall–Kier alpha value is -1.35. The minimum atomic E-state index is -0.368. The molecule has 2 aliphatic rings. The molecule has 2 fully saturated rings. The van der Waals surface area contributed by atoms with Gasteiger partial charge in [-0.2, -0.15) is 0 Å². The van der Waals surface area contributed by atoms with E-state index in [1.54, 1.807) is 0 Å². The number of aliphatic hydroxyl groups excluding tert-OH is 1. The molecule has 0 spiro atoms. The van der Waals surface area contributed by atoms with E-state index in [1.807, 2.05) is 23.1 Å². The minimum absolute atomic E-state index is 0.0273. The number of carbonyl (C=O) groups excluding carboxylic acids is 1. The van der Waals surface area contributed by atoms with Crippen LogP contribution in [0.25, 0.3) is 0 Å². The van der Waals surface area contributed by atoms with Gasteiger partial charge in [-0.1, -0.05) is 30.3 Å². The molecule has 0 aromatic heterocycles. The van der Waals surface area contributed by atoms with E-state index in [-0.39, 0.29) is 24.0 Å². The van der Waals surface area contributed by atoms with Crippen molar-refractivity contribution >= 4 is 5.91 Å². The van der Waals surface area contributed by atoms with E-state index in [0.717, 1.165) is 25.7 Å². The highest BCUT2D eigenvalue weighted by Gasteiger charge is 2.41. The van der Waals surface area contributed by atoms with E-state index < -0.39 is 0 Å². The lowest BCUT2D eigenvalue weighted by Gasteiger charge is -2.26. The Kier molecular flexibility index (Phi) is 3.08. The van der Waals surface area contributed by atoms with E-state index in [0.29, 0.717) is 6.54 Å². The Labute approximate surface area is 107 Å². The Morgan fingerprint density at radius 3 is 2.61 bits per heavy atom. The molecule has 1 heterocycles. The van der Waals surface area contributed by atoms with Crippen molar-refractivity contribution < 1.29 is 9.90 Å². The van der Waals surface area contributed by atoms with Gasteiger partial charge in [-0.25, -0.2) is 0 Å². The number of nitrogens with zero attached hydrogens (tertiary/aromatic N) is 1. The molecule has 1 saturated carbocycles. The number of rotatable bonds is 3. The molecule has 1 N–H and O–H groups in total. The van der Waals surface area contributed by atoms with Crippen molar-refractivity contribution in [1.82, 2.24) is 4.90 Å². The summed E-state index contributed by atoms with van der Waals surface area (Å²) in [5.41, 5.74) is 1.19. The van der Waals surface area contributed by atoms with E-state index >= 15 is 0 Å². The molecule has 0 unspecified atom stereocenters. The lowest BCUT2D eigenvalue weighted by Crippen LogP contribution is -2.41. The van der Waals surface area contributed by atoms with Crippen molar-refractivity contribution in [3.05, 3.63) is 35.9 Å². The first-order valence-electron chi connectivity index (χ1n) is 6.78. The molecule has 0 bridgehead atoms. The fourth-order valence-corrected chi connectivity index (χ4v) is 2.78. The third-order valence-corrected chi connectivity index (χ3v) is 4.01. The maximum Gasteiger partial charge on any atom is 0.226 e. The fraction of sp³-hybridized carbons (Fsp3) is 0.533. The van der Waals surface area contributed by atoms with Crippen LogP contribution in [0, 0.1) is 5.92 Å². The second-order valence-electron chi connectivity index (χ2n) is 5.42. The van der Waals surface area contributed by atoms with Gasteiger partial charge >= 0.3 is 0 Å². The van der Waals surface area contributed by atoms with Gasteiger partial charge in [0.25, 0.3) is 0 Å². The first-order chi connectivity index (χ1) is 8.75. The largest absolute Gasteiger partial charge is 0.391 e. The Morgan fingerprint density at radius 1 is 1.22 bits per heavy atom. The normalized spacial score (nSPS) is 27.5. The Morgan fingerprint density at radius 2 is 1.94 bits per heavy atom. The smallest absolute Gasteiger partial charge is 0.226 e. The van der Waals surface area contributed by atoms with Crippen molar-refractivity contribution in [2.45, 2.75) is 37.8 Å². The summed E-state index contributed by atoms with van der Waals surface area (Å²) in [6.07, 6.45) is 3.18. The summed E-state index contributed by atoms with van der Waals surface area (Å²) in [6.45, 7) is 0.716. The molecule has 3 rings (SSSR count). The monoisotopic (exact) mass is 245 g/mol.